The Bertz CT molecular complexity index is 565. The fourth-order valence-corrected chi connectivity index (χ4v) is 2.82. The molecular formula is C12H20N4O3S. The summed E-state index contributed by atoms with van der Waals surface area (Å²) in [5.41, 5.74) is 0. The van der Waals surface area contributed by atoms with Gasteiger partial charge in [0.25, 0.3) is 5.16 Å². The number of nitrogens with zero attached hydrogens (tertiary/aromatic N) is 4. The Morgan fingerprint density at radius 3 is 2.75 bits per heavy atom. The Balaban J connectivity index is 2.91. The second kappa shape index (κ2) is 7.18. The Morgan fingerprint density at radius 2 is 2.20 bits per heavy atom. The third-order valence-corrected chi connectivity index (χ3v) is 4.28. The zero-order chi connectivity index (χ0) is 15.2. The Morgan fingerprint density at radius 1 is 1.50 bits per heavy atom. The lowest BCUT2D eigenvalue weighted by molar-refractivity contribution is 0.204. The van der Waals surface area contributed by atoms with E-state index in [-0.39, 0.29) is 10.9 Å². The van der Waals surface area contributed by atoms with Gasteiger partial charge in [-0.15, -0.1) is 11.7 Å². The molecule has 20 heavy (non-hydrogen) atoms. The molecule has 0 aliphatic rings. The van der Waals surface area contributed by atoms with E-state index in [4.69, 9.17) is 0 Å². The van der Waals surface area contributed by atoms with E-state index < -0.39 is 15.9 Å². The van der Waals surface area contributed by atoms with Gasteiger partial charge in [-0.2, -0.15) is 4.68 Å². The third-order valence-electron chi connectivity index (χ3n) is 2.71. The molecule has 0 aliphatic carbocycles. The summed E-state index contributed by atoms with van der Waals surface area (Å²) >= 11 is 0. The van der Waals surface area contributed by atoms with Crippen molar-refractivity contribution in [1.29, 1.82) is 0 Å². The molecule has 112 valence electrons. The Kier molecular flexibility index (Phi) is 5.87. The van der Waals surface area contributed by atoms with Gasteiger partial charge in [0.2, 0.25) is 9.84 Å². The lowest BCUT2D eigenvalue weighted by Gasteiger charge is -2.17. The molecule has 1 aromatic rings. The fraction of sp³-hybridized carbons (Fsp3) is 0.583. The van der Waals surface area contributed by atoms with Gasteiger partial charge in [-0.25, -0.2) is 18.2 Å². The molecule has 0 saturated carbocycles. The SMILES string of the molecule is C=CCN(CC)C(=O)n1cnc(S(=O)(=O)CCCC)n1. The predicted octanol–water partition coefficient (Wildman–Crippen LogP) is 1.33. The van der Waals surface area contributed by atoms with Gasteiger partial charge in [0, 0.05) is 13.1 Å². The maximum absolute atomic E-state index is 12.1. The maximum Gasteiger partial charge on any atom is 0.346 e. The van der Waals surface area contributed by atoms with E-state index in [1.165, 1.54) is 4.90 Å². The van der Waals surface area contributed by atoms with E-state index in [0.717, 1.165) is 17.4 Å². The highest BCUT2D eigenvalue weighted by Crippen LogP contribution is 2.07. The van der Waals surface area contributed by atoms with Gasteiger partial charge in [0.05, 0.1) is 5.75 Å². The number of aromatic nitrogens is 3. The summed E-state index contributed by atoms with van der Waals surface area (Å²) < 4.78 is 24.8. The molecule has 8 heteroatoms. The summed E-state index contributed by atoms with van der Waals surface area (Å²) in [5, 5.41) is 3.48. The molecule has 0 atom stereocenters. The zero-order valence-electron chi connectivity index (χ0n) is 11.8. The second-order valence-electron chi connectivity index (χ2n) is 4.25. The lowest BCUT2D eigenvalue weighted by atomic mass is 10.4. The lowest BCUT2D eigenvalue weighted by Crippen LogP contribution is -2.35. The van der Waals surface area contributed by atoms with Gasteiger partial charge in [0.15, 0.2) is 0 Å². The average Bonchev–Trinajstić information content (AvgIpc) is 2.92. The molecule has 1 rings (SSSR count). The van der Waals surface area contributed by atoms with E-state index >= 15 is 0 Å². The van der Waals surface area contributed by atoms with Crippen LogP contribution >= 0.6 is 0 Å². The van der Waals surface area contributed by atoms with Crippen molar-refractivity contribution < 1.29 is 13.2 Å². The van der Waals surface area contributed by atoms with Crippen LogP contribution in [0, 0.1) is 0 Å². The summed E-state index contributed by atoms with van der Waals surface area (Å²) in [5.74, 6) is -0.00808. The summed E-state index contributed by atoms with van der Waals surface area (Å²) in [6.45, 7) is 8.13. The number of hydrogen-bond donors (Lipinski definition) is 0. The number of amides is 1. The number of rotatable bonds is 7. The van der Waals surface area contributed by atoms with Crippen LogP contribution in [0.3, 0.4) is 0 Å². The van der Waals surface area contributed by atoms with Gasteiger partial charge in [0.1, 0.15) is 6.33 Å². The molecule has 0 N–H and O–H groups in total. The van der Waals surface area contributed by atoms with Crippen molar-refractivity contribution in [2.45, 2.75) is 31.8 Å². The molecule has 0 aromatic carbocycles. The first-order valence-electron chi connectivity index (χ1n) is 6.50. The van der Waals surface area contributed by atoms with Crippen molar-refractivity contribution in [3.8, 4) is 0 Å². The van der Waals surface area contributed by atoms with E-state index in [9.17, 15) is 13.2 Å². The predicted molar refractivity (Wildman–Crippen MR) is 75.2 cm³/mol. The van der Waals surface area contributed by atoms with E-state index in [2.05, 4.69) is 16.7 Å². The highest BCUT2D eigenvalue weighted by molar-refractivity contribution is 7.91. The van der Waals surface area contributed by atoms with Crippen molar-refractivity contribution in [2.75, 3.05) is 18.8 Å². The maximum atomic E-state index is 12.1. The van der Waals surface area contributed by atoms with Crippen molar-refractivity contribution >= 4 is 15.9 Å². The fourth-order valence-electron chi connectivity index (χ4n) is 1.55. The molecule has 0 aliphatic heterocycles. The molecular weight excluding hydrogens is 280 g/mol. The Labute approximate surface area is 119 Å². The summed E-state index contributed by atoms with van der Waals surface area (Å²) in [7, 11) is -3.51. The standard InChI is InChI=1S/C12H20N4O3S/c1-4-7-9-20(18,19)11-13-10-16(14-11)12(17)15(6-3)8-5-2/h5,10H,2,4,6-9H2,1,3H3. The number of carbonyl (C=O) groups is 1. The van der Waals surface area contributed by atoms with Crippen molar-refractivity contribution in [1.82, 2.24) is 19.7 Å². The van der Waals surface area contributed by atoms with E-state index in [0.29, 0.717) is 19.5 Å². The average molecular weight is 300 g/mol. The number of unbranched alkanes of at least 4 members (excludes halogenated alkanes) is 1. The van der Waals surface area contributed by atoms with Crippen molar-refractivity contribution in [3.05, 3.63) is 19.0 Å². The molecule has 0 saturated heterocycles. The molecule has 1 heterocycles. The summed E-state index contributed by atoms with van der Waals surface area (Å²) in [6, 6.07) is -0.420. The van der Waals surface area contributed by atoms with Crippen LogP contribution < -0.4 is 0 Å². The molecule has 7 nitrogen and oxygen atoms in total. The Hall–Kier alpha value is -1.70. The number of hydrogen-bond acceptors (Lipinski definition) is 5. The van der Waals surface area contributed by atoms with Crippen LogP contribution in [0.2, 0.25) is 0 Å². The molecule has 1 aromatic heterocycles. The first-order chi connectivity index (χ1) is 9.46. The van der Waals surface area contributed by atoms with Crippen LogP contribution in [0.1, 0.15) is 26.7 Å². The van der Waals surface area contributed by atoms with Crippen LogP contribution in [-0.2, 0) is 9.84 Å². The highest BCUT2D eigenvalue weighted by Gasteiger charge is 2.22. The molecule has 0 unspecified atom stereocenters. The third kappa shape index (κ3) is 3.89. The highest BCUT2D eigenvalue weighted by atomic mass is 32.2. The largest absolute Gasteiger partial charge is 0.346 e. The van der Waals surface area contributed by atoms with Crippen LogP contribution in [0.15, 0.2) is 24.1 Å². The van der Waals surface area contributed by atoms with Crippen molar-refractivity contribution in [2.24, 2.45) is 0 Å². The van der Waals surface area contributed by atoms with E-state index in [1.807, 2.05) is 13.8 Å². The normalized spacial score (nSPS) is 11.3. The number of carbonyl (C=O) groups excluding carboxylic acids is 1. The first-order valence-corrected chi connectivity index (χ1v) is 8.16. The topological polar surface area (TPSA) is 85.2 Å². The molecule has 0 spiro atoms. The summed E-state index contributed by atoms with van der Waals surface area (Å²) in [4.78, 5) is 17.3. The van der Waals surface area contributed by atoms with Crippen molar-refractivity contribution in [3.63, 3.8) is 0 Å². The summed E-state index contributed by atoms with van der Waals surface area (Å²) in [6.07, 6.45) is 4.04. The molecule has 1 amide bonds. The van der Waals surface area contributed by atoms with Gasteiger partial charge in [-0.3, -0.25) is 0 Å². The van der Waals surface area contributed by atoms with Gasteiger partial charge < -0.3 is 4.90 Å². The van der Waals surface area contributed by atoms with Gasteiger partial charge in [-0.1, -0.05) is 19.4 Å². The van der Waals surface area contributed by atoms with Crippen LogP contribution in [-0.4, -0.2) is 53.0 Å². The quantitative estimate of drug-likeness (QED) is 0.709. The van der Waals surface area contributed by atoms with Gasteiger partial charge in [-0.05, 0) is 13.3 Å². The molecule has 0 bridgehead atoms. The monoisotopic (exact) mass is 300 g/mol. The van der Waals surface area contributed by atoms with E-state index in [1.54, 1.807) is 6.08 Å². The van der Waals surface area contributed by atoms with Gasteiger partial charge >= 0.3 is 6.03 Å². The number of likely N-dealkylation sites (N-methyl/N-ethyl adjacent to an activating group) is 1. The minimum atomic E-state index is -3.51. The first kappa shape index (κ1) is 16.4. The van der Waals surface area contributed by atoms with Crippen LogP contribution in [0.5, 0.6) is 0 Å². The minimum absolute atomic E-state index is 0.00808. The zero-order valence-corrected chi connectivity index (χ0v) is 12.6. The van der Waals surface area contributed by atoms with Crippen LogP contribution in [0.4, 0.5) is 4.79 Å². The second-order valence-corrected chi connectivity index (χ2v) is 6.26. The molecule has 0 radical (unpaired) electrons. The number of sulfone groups is 1. The molecule has 0 fully saturated rings. The minimum Gasteiger partial charge on any atom is -0.319 e. The smallest absolute Gasteiger partial charge is 0.319 e. The van der Waals surface area contributed by atoms with Crippen LogP contribution in [0.25, 0.3) is 0 Å².